The van der Waals surface area contributed by atoms with Crippen LogP contribution in [-0.4, -0.2) is 57.5 Å². The molecule has 0 aliphatic carbocycles. The number of hydrogen-bond acceptors (Lipinski definition) is 11. The monoisotopic (exact) mass is 745 g/mol. The van der Waals surface area contributed by atoms with Crippen LogP contribution in [0.3, 0.4) is 0 Å². The number of carbonyl (C=O) groups excluding carboxylic acids is 4. The standard InChI is InChI=1S/C38H40FN5O10/c1-7-38(50)26-13-29-31-24(16-44(29)33(46)25(26)18-52-34(38)47)23(22-12-30(51-6)27(39)14-28(22)43-31)15-40-35(48)53-17-20-8-10-21(11-9-20)42-32(45)19(2)41-36(49)54-37(3,4)5/h8-14,19,50H,7,15-18H2,1-6H3,(H,40,48)(H,41,49)(H,42,45)/t19-,38-/m0/s1. The van der Waals surface area contributed by atoms with E-state index in [1.54, 1.807) is 58.0 Å². The number of ether oxygens (including phenoxy) is 4. The summed E-state index contributed by atoms with van der Waals surface area (Å²) < 4.78 is 37.4. The molecule has 2 aliphatic heterocycles. The number of hydrogen-bond donors (Lipinski definition) is 4. The van der Waals surface area contributed by atoms with Crippen LogP contribution in [-0.2, 0) is 55.7 Å². The Labute approximate surface area is 308 Å². The van der Waals surface area contributed by atoms with Gasteiger partial charge in [-0.25, -0.2) is 23.8 Å². The fourth-order valence-electron chi connectivity index (χ4n) is 6.37. The quantitative estimate of drug-likeness (QED) is 0.122. The molecule has 2 aromatic carbocycles. The van der Waals surface area contributed by atoms with Gasteiger partial charge >= 0.3 is 18.2 Å². The van der Waals surface area contributed by atoms with Crippen molar-refractivity contribution in [2.75, 3.05) is 12.4 Å². The molecule has 0 bridgehead atoms. The molecule has 2 aromatic heterocycles. The van der Waals surface area contributed by atoms with Crippen molar-refractivity contribution in [3.05, 3.63) is 86.5 Å². The SMILES string of the molecule is CC[C@@]1(O)C(=O)OCc2c1cc1n(c2=O)Cc2c-1nc1cc(F)c(OC)cc1c2CNC(=O)OCc1ccc(NC(=O)[C@H](C)NC(=O)OC(C)(C)C)cc1. The van der Waals surface area contributed by atoms with Crippen LogP contribution in [0.5, 0.6) is 5.75 Å². The van der Waals surface area contributed by atoms with E-state index in [4.69, 9.17) is 23.9 Å². The van der Waals surface area contributed by atoms with E-state index in [0.717, 1.165) is 0 Å². The number of rotatable bonds is 9. The summed E-state index contributed by atoms with van der Waals surface area (Å²) >= 11 is 0. The number of amides is 3. The average molecular weight is 746 g/mol. The second kappa shape index (κ2) is 14.4. The van der Waals surface area contributed by atoms with Crippen LogP contribution < -0.4 is 26.2 Å². The number of alkyl carbamates (subject to hydrolysis) is 2. The zero-order chi connectivity index (χ0) is 39.1. The van der Waals surface area contributed by atoms with Crippen molar-refractivity contribution >= 4 is 40.7 Å². The maximum absolute atomic E-state index is 14.9. The second-order valence-corrected chi connectivity index (χ2v) is 14.0. The van der Waals surface area contributed by atoms with Gasteiger partial charge in [-0.15, -0.1) is 0 Å². The number of carbonyl (C=O) groups is 4. The first-order valence-electron chi connectivity index (χ1n) is 17.2. The van der Waals surface area contributed by atoms with E-state index in [0.29, 0.717) is 39.2 Å². The topological polar surface area (TPSA) is 196 Å². The minimum absolute atomic E-state index is 0.0307. The number of fused-ring (bicyclic) bond motifs is 5. The maximum atomic E-state index is 14.9. The lowest BCUT2D eigenvalue weighted by atomic mass is 9.86. The highest BCUT2D eigenvalue weighted by Crippen LogP contribution is 2.41. The van der Waals surface area contributed by atoms with Crippen molar-refractivity contribution in [3.8, 4) is 17.1 Å². The van der Waals surface area contributed by atoms with Gasteiger partial charge in [0.2, 0.25) is 5.91 Å². The van der Waals surface area contributed by atoms with E-state index in [1.807, 2.05) is 0 Å². The highest BCUT2D eigenvalue weighted by atomic mass is 19.1. The van der Waals surface area contributed by atoms with Crippen molar-refractivity contribution in [1.29, 1.82) is 0 Å². The molecule has 4 aromatic rings. The molecule has 284 valence electrons. The van der Waals surface area contributed by atoms with Crippen LogP contribution >= 0.6 is 0 Å². The molecule has 54 heavy (non-hydrogen) atoms. The lowest BCUT2D eigenvalue weighted by Crippen LogP contribution is -2.44. The first-order valence-corrected chi connectivity index (χ1v) is 17.2. The number of methoxy groups -OCH3 is 1. The molecule has 4 N–H and O–H groups in total. The van der Waals surface area contributed by atoms with E-state index >= 15 is 0 Å². The predicted octanol–water partition coefficient (Wildman–Crippen LogP) is 4.51. The Balaban J connectivity index is 1.18. The normalized spacial score (nSPS) is 16.3. The maximum Gasteiger partial charge on any atom is 0.408 e. The first kappa shape index (κ1) is 37.7. The summed E-state index contributed by atoms with van der Waals surface area (Å²) in [5, 5.41) is 19.6. The summed E-state index contributed by atoms with van der Waals surface area (Å²) in [6, 6.07) is 9.90. The number of nitrogens with one attached hydrogen (secondary N) is 3. The van der Waals surface area contributed by atoms with Gasteiger partial charge in [0.1, 0.15) is 24.9 Å². The molecule has 4 heterocycles. The third-order valence-electron chi connectivity index (χ3n) is 9.21. The lowest BCUT2D eigenvalue weighted by molar-refractivity contribution is -0.172. The Morgan fingerprint density at radius 2 is 1.81 bits per heavy atom. The third-order valence-corrected chi connectivity index (χ3v) is 9.21. The van der Waals surface area contributed by atoms with Crippen molar-refractivity contribution in [2.45, 2.75) is 84.6 Å². The van der Waals surface area contributed by atoms with Gasteiger partial charge in [-0.2, -0.15) is 0 Å². The smallest absolute Gasteiger partial charge is 0.408 e. The molecule has 3 amide bonds. The largest absolute Gasteiger partial charge is 0.494 e. The highest BCUT2D eigenvalue weighted by Gasteiger charge is 2.45. The molecular formula is C38H40FN5O10. The molecule has 16 heteroatoms. The number of aromatic nitrogens is 2. The lowest BCUT2D eigenvalue weighted by Gasteiger charge is -2.31. The fraction of sp³-hybridized carbons (Fsp3) is 0.368. The van der Waals surface area contributed by atoms with Crippen LogP contribution in [0.4, 0.5) is 19.7 Å². The van der Waals surface area contributed by atoms with E-state index in [-0.39, 0.29) is 55.1 Å². The number of halogens is 1. The van der Waals surface area contributed by atoms with Gasteiger partial charge in [-0.05, 0) is 69.5 Å². The number of cyclic esters (lactones) is 1. The van der Waals surface area contributed by atoms with Gasteiger partial charge in [0, 0.05) is 34.8 Å². The molecule has 0 unspecified atom stereocenters. The molecule has 0 saturated heterocycles. The first-order chi connectivity index (χ1) is 25.5. The number of benzene rings is 2. The Morgan fingerprint density at radius 1 is 1.09 bits per heavy atom. The number of nitrogens with zero attached hydrogens (tertiary/aromatic N) is 2. The summed E-state index contributed by atoms with van der Waals surface area (Å²) in [4.78, 5) is 68.6. The number of esters is 1. The second-order valence-electron chi connectivity index (χ2n) is 14.0. The van der Waals surface area contributed by atoms with Crippen molar-refractivity contribution in [3.63, 3.8) is 0 Å². The summed E-state index contributed by atoms with van der Waals surface area (Å²) in [5.41, 5.74) is 0.126. The van der Waals surface area contributed by atoms with Gasteiger partial charge in [0.15, 0.2) is 17.2 Å². The van der Waals surface area contributed by atoms with Crippen LogP contribution in [0.15, 0.2) is 47.3 Å². The summed E-state index contributed by atoms with van der Waals surface area (Å²) in [6.45, 7) is 7.81. The van der Waals surface area contributed by atoms with E-state index < -0.39 is 52.7 Å². The number of aliphatic hydroxyl groups is 1. The average Bonchev–Trinajstić information content (AvgIpc) is 3.48. The molecule has 0 spiro atoms. The number of pyridine rings is 2. The molecule has 2 atom stereocenters. The molecule has 0 saturated carbocycles. The van der Waals surface area contributed by atoms with E-state index in [9.17, 15) is 33.5 Å². The van der Waals surface area contributed by atoms with E-state index in [2.05, 4.69) is 16.0 Å². The predicted molar refractivity (Wildman–Crippen MR) is 192 cm³/mol. The van der Waals surface area contributed by atoms with Gasteiger partial charge < -0.3 is 44.6 Å². The Morgan fingerprint density at radius 3 is 2.48 bits per heavy atom. The van der Waals surface area contributed by atoms with Crippen molar-refractivity contribution in [1.82, 2.24) is 20.2 Å². The fourth-order valence-corrected chi connectivity index (χ4v) is 6.37. The Bertz CT molecular complexity index is 2250. The highest BCUT2D eigenvalue weighted by molar-refractivity contribution is 5.96. The van der Waals surface area contributed by atoms with Crippen LogP contribution in [0.2, 0.25) is 0 Å². The molecule has 2 aliphatic rings. The van der Waals surface area contributed by atoms with Gasteiger partial charge in [0.25, 0.3) is 5.56 Å². The zero-order valence-corrected chi connectivity index (χ0v) is 30.5. The minimum Gasteiger partial charge on any atom is -0.494 e. The van der Waals surface area contributed by atoms with Gasteiger partial charge in [0.05, 0.1) is 36.1 Å². The minimum atomic E-state index is -2.02. The summed E-state index contributed by atoms with van der Waals surface area (Å²) in [5.74, 6) is -2.03. The van der Waals surface area contributed by atoms with Crippen molar-refractivity contribution in [2.24, 2.45) is 0 Å². The van der Waals surface area contributed by atoms with E-state index in [1.165, 1.54) is 30.7 Å². The number of anilines is 1. The van der Waals surface area contributed by atoms with Gasteiger partial charge in [-0.1, -0.05) is 19.1 Å². The van der Waals surface area contributed by atoms with Crippen LogP contribution in [0.25, 0.3) is 22.3 Å². The molecule has 0 radical (unpaired) electrons. The van der Waals surface area contributed by atoms with Gasteiger partial charge in [-0.3, -0.25) is 9.59 Å². The summed E-state index contributed by atoms with van der Waals surface area (Å²) in [6.07, 6.45) is -1.52. The molecular weight excluding hydrogens is 705 g/mol. The molecule has 15 nitrogen and oxygen atoms in total. The van der Waals surface area contributed by atoms with Crippen molar-refractivity contribution < 1.29 is 47.6 Å². The van der Waals surface area contributed by atoms with Crippen LogP contribution in [0, 0.1) is 5.82 Å². The zero-order valence-electron chi connectivity index (χ0n) is 30.5. The third kappa shape index (κ3) is 7.28. The Hall–Kier alpha value is -6.03. The van der Waals surface area contributed by atoms with Crippen LogP contribution in [0.1, 0.15) is 68.9 Å². The summed E-state index contributed by atoms with van der Waals surface area (Å²) in [7, 11) is 1.32. The molecule has 0 fully saturated rings. The molecule has 6 rings (SSSR count). The Kier molecular flexibility index (Phi) is 10.1.